The fourth-order valence-corrected chi connectivity index (χ4v) is 4.35. The summed E-state index contributed by atoms with van der Waals surface area (Å²) in [5, 5.41) is 1.77. The molecule has 0 N–H and O–H groups in total. The second kappa shape index (κ2) is 9.14. The number of Topliss-reactive ketones (excluding diaryl/α,β-unsaturated/α-hetero) is 1. The van der Waals surface area contributed by atoms with E-state index in [4.69, 9.17) is 4.74 Å². The van der Waals surface area contributed by atoms with Gasteiger partial charge in [-0.1, -0.05) is 30.3 Å². The quantitative estimate of drug-likeness (QED) is 0.396. The number of carbonyl (C=O) groups is 1. The highest BCUT2D eigenvalue weighted by Gasteiger charge is 2.17. The largest absolute Gasteiger partial charge is 0.494 e. The van der Waals surface area contributed by atoms with E-state index in [9.17, 15) is 14.4 Å². The highest BCUT2D eigenvalue weighted by molar-refractivity contribution is 7.17. The van der Waals surface area contributed by atoms with E-state index in [-0.39, 0.29) is 24.4 Å². The van der Waals surface area contributed by atoms with Crippen LogP contribution in [0.2, 0.25) is 0 Å². The summed E-state index contributed by atoms with van der Waals surface area (Å²) in [6.07, 6.45) is 0.555. The monoisotopic (exact) mass is 434 g/mol. The average Bonchev–Trinajstić information content (AvgIpc) is 3.28. The molecule has 0 radical (unpaired) electrons. The lowest BCUT2D eigenvalue weighted by atomic mass is 10.1. The fourth-order valence-electron chi connectivity index (χ4n) is 3.51. The Balaban J connectivity index is 1.67. The molecule has 4 rings (SSSR count). The zero-order valence-electron chi connectivity index (χ0n) is 17.1. The summed E-state index contributed by atoms with van der Waals surface area (Å²) in [4.78, 5) is 39.0. The maximum absolute atomic E-state index is 13.2. The number of benzene rings is 2. The molecule has 158 valence electrons. The third kappa shape index (κ3) is 4.36. The van der Waals surface area contributed by atoms with Crippen molar-refractivity contribution < 1.29 is 9.53 Å². The topological polar surface area (TPSA) is 70.3 Å². The van der Waals surface area contributed by atoms with Gasteiger partial charge >= 0.3 is 5.69 Å². The van der Waals surface area contributed by atoms with Crippen molar-refractivity contribution in [2.24, 2.45) is 0 Å². The summed E-state index contributed by atoms with van der Waals surface area (Å²) >= 11 is 1.28. The van der Waals surface area contributed by atoms with E-state index < -0.39 is 5.69 Å². The average molecular weight is 435 g/mol. The van der Waals surface area contributed by atoms with E-state index in [0.717, 1.165) is 5.56 Å². The molecule has 0 amide bonds. The zero-order chi connectivity index (χ0) is 21.8. The van der Waals surface area contributed by atoms with E-state index in [1.807, 2.05) is 37.3 Å². The van der Waals surface area contributed by atoms with Gasteiger partial charge in [-0.15, -0.1) is 11.3 Å². The van der Waals surface area contributed by atoms with E-state index >= 15 is 0 Å². The number of carbonyl (C=O) groups excluding carboxylic acids is 1. The Morgan fingerprint density at radius 1 is 0.968 bits per heavy atom. The SMILES string of the molecule is CCOc1ccc(C(=O)Cn2c(=O)n(CCc3ccccc3)c(=O)c3sccc32)cc1. The third-order valence-corrected chi connectivity index (χ3v) is 5.98. The summed E-state index contributed by atoms with van der Waals surface area (Å²) in [5.74, 6) is 0.483. The standard InChI is InChI=1S/C24H22N2O4S/c1-2-30-19-10-8-18(9-11-19)21(27)16-26-20-13-15-31-22(20)23(28)25(24(26)29)14-12-17-6-4-3-5-7-17/h3-11,13,15H,2,12,14,16H2,1H3. The van der Waals surface area contributed by atoms with Gasteiger partial charge < -0.3 is 4.74 Å². The molecule has 0 fully saturated rings. The second-order valence-electron chi connectivity index (χ2n) is 7.08. The Kier molecular flexibility index (Phi) is 6.13. The number of ether oxygens (including phenoxy) is 1. The highest BCUT2D eigenvalue weighted by atomic mass is 32.1. The van der Waals surface area contributed by atoms with Gasteiger partial charge in [0, 0.05) is 12.1 Å². The van der Waals surface area contributed by atoms with Crippen LogP contribution in [0, 0.1) is 0 Å². The molecule has 0 aliphatic rings. The number of hydrogen-bond donors (Lipinski definition) is 0. The molecule has 2 aromatic carbocycles. The molecule has 0 atom stereocenters. The molecule has 0 unspecified atom stereocenters. The van der Waals surface area contributed by atoms with Gasteiger partial charge in [0.1, 0.15) is 10.4 Å². The Morgan fingerprint density at radius 2 is 1.71 bits per heavy atom. The lowest BCUT2D eigenvalue weighted by Gasteiger charge is -2.12. The van der Waals surface area contributed by atoms with Gasteiger partial charge in [0.25, 0.3) is 5.56 Å². The third-order valence-electron chi connectivity index (χ3n) is 5.09. The molecule has 0 aliphatic carbocycles. The van der Waals surface area contributed by atoms with Crippen molar-refractivity contribution in [2.45, 2.75) is 26.4 Å². The summed E-state index contributed by atoms with van der Waals surface area (Å²) in [6, 6.07) is 18.3. The number of aryl methyl sites for hydroxylation is 1. The van der Waals surface area contributed by atoms with Crippen molar-refractivity contribution in [1.82, 2.24) is 9.13 Å². The lowest BCUT2D eigenvalue weighted by Crippen LogP contribution is -2.41. The molecule has 7 heteroatoms. The Bertz CT molecular complexity index is 1320. The minimum absolute atomic E-state index is 0.133. The van der Waals surface area contributed by atoms with Crippen molar-refractivity contribution in [3.05, 3.63) is 98.0 Å². The molecule has 0 saturated heterocycles. The van der Waals surface area contributed by atoms with Crippen LogP contribution in [0.1, 0.15) is 22.8 Å². The van der Waals surface area contributed by atoms with Gasteiger partial charge in [0.05, 0.1) is 18.7 Å². The molecule has 0 bridgehead atoms. The molecule has 0 aliphatic heterocycles. The Morgan fingerprint density at radius 3 is 2.42 bits per heavy atom. The van der Waals surface area contributed by atoms with Crippen LogP contribution in [0.4, 0.5) is 0 Å². The molecule has 0 spiro atoms. The smallest absolute Gasteiger partial charge is 0.331 e. The molecule has 0 saturated carbocycles. The van der Waals surface area contributed by atoms with Gasteiger partial charge in [-0.3, -0.25) is 18.7 Å². The van der Waals surface area contributed by atoms with Gasteiger partial charge in [0.2, 0.25) is 0 Å². The van der Waals surface area contributed by atoms with Gasteiger partial charge in [-0.05, 0) is 54.6 Å². The van der Waals surface area contributed by atoms with Crippen molar-refractivity contribution in [2.75, 3.05) is 6.61 Å². The predicted octanol–water partition coefficient (Wildman–Crippen LogP) is 3.75. The second-order valence-corrected chi connectivity index (χ2v) is 7.99. The van der Waals surface area contributed by atoms with Gasteiger partial charge in [-0.2, -0.15) is 0 Å². The number of hydrogen-bond acceptors (Lipinski definition) is 5. The number of fused-ring (bicyclic) bond motifs is 1. The minimum atomic E-state index is -0.467. The number of aromatic nitrogens is 2. The number of ketones is 1. The van der Waals surface area contributed by atoms with E-state index in [0.29, 0.717) is 34.6 Å². The van der Waals surface area contributed by atoms with Gasteiger partial charge in [0.15, 0.2) is 5.78 Å². The molecule has 31 heavy (non-hydrogen) atoms. The van der Waals surface area contributed by atoms with E-state index in [2.05, 4.69) is 0 Å². The van der Waals surface area contributed by atoms with Crippen LogP contribution >= 0.6 is 11.3 Å². The van der Waals surface area contributed by atoms with E-state index in [1.54, 1.807) is 35.7 Å². The molecular weight excluding hydrogens is 412 g/mol. The fraction of sp³-hybridized carbons (Fsp3) is 0.208. The Hall–Kier alpha value is -3.45. The van der Waals surface area contributed by atoms with Crippen molar-refractivity contribution >= 4 is 27.3 Å². The minimum Gasteiger partial charge on any atom is -0.494 e. The normalized spacial score (nSPS) is 11.0. The van der Waals surface area contributed by atoms with Crippen LogP contribution in [0.3, 0.4) is 0 Å². The summed E-state index contributed by atoms with van der Waals surface area (Å²) < 4.78 is 8.53. The van der Waals surface area contributed by atoms with Crippen LogP contribution in [0.15, 0.2) is 75.6 Å². The number of thiophene rings is 1. The molecule has 4 aromatic rings. The summed E-state index contributed by atoms with van der Waals surface area (Å²) in [6.45, 7) is 2.56. The van der Waals surface area contributed by atoms with E-state index in [1.165, 1.54) is 20.5 Å². The van der Waals surface area contributed by atoms with Crippen LogP contribution in [0.5, 0.6) is 5.75 Å². The number of nitrogens with zero attached hydrogens (tertiary/aromatic N) is 2. The highest BCUT2D eigenvalue weighted by Crippen LogP contribution is 2.17. The maximum Gasteiger partial charge on any atom is 0.331 e. The first-order chi connectivity index (χ1) is 15.1. The lowest BCUT2D eigenvalue weighted by molar-refractivity contribution is 0.0971. The van der Waals surface area contributed by atoms with Crippen LogP contribution in [0.25, 0.3) is 10.2 Å². The van der Waals surface area contributed by atoms with Crippen LogP contribution in [-0.2, 0) is 19.5 Å². The molecule has 6 nitrogen and oxygen atoms in total. The maximum atomic E-state index is 13.2. The van der Waals surface area contributed by atoms with Crippen molar-refractivity contribution in [3.8, 4) is 5.75 Å². The van der Waals surface area contributed by atoms with Crippen LogP contribution in [-0.4, -0.2) is 21.5 Å². The molecular formula is C24H22N2O4S. The van der Waals surface area contributed by atoms with Crippen LogP contribution < -0.4 is 16.0 Å². The first-order valence-electron chi connectivity index (χ1n) is 10.1. The van der Waals surface area contributed by atoms with Crippen molar-refractivity contribution in [1.29, 1.82) is 0 Å². The summed E-state index contributed by atoms with van der Waals surface area (Å²) in [7, 11) is 0. The Labute approximate surface area is 183 Å². The zero-order valence-corrected chi connectivity index (χ0v) is 17.9. The number of rotatable bonds is 8. The first-order valence-corrected chi connectivity index (χ1v) is 11.0. The molecule has 2 aromatic heterocycles. The predicted molar refractivity (Wildman–Crippen MR) is 122 cm³/mol. The summed E-state index contributed by atoms with van der Waals surface area (Å²) in [5.41, 5.74) is 1.25. The first kappa shape index (κ1) is 20.8. The van der Waals surface area contributed by atoms with Gasteiger partial charge in [-0.25, -0.2) is 4.79 Å². The molecule has 2 heterocycles. The van der Waals surface area contributed by atoms with Crippen molar-refractivity contribution in [3.63, 3.8) is 0 Å².